The summed E-state index contributed by atoms with van der Waals surface area (Å²) in [6, 6.07) is 19.7. The van der Waals surface area contributed by atoms with Crippen LogP contribution in [-0.2, 0) is 16.1 Å². The van der Waals surface area contributed by atoms with Crippen LogP contribution in [0.4, 0.5) is 11.4 Å². The minimum Gasteiger partial charge on any atom is -0.467 e. The van der Waals surface area contributed by atoms with Gasteiger partial charge in [0.05, 0.1) is 35.9 Å². The van der Waals surface area contributed by atoms with Crippen molar-refractivity contribution in [3.05, 3.63) is 78.3 Å². The van der Waals surface area contributed by atoms with Crippen LogP contribution in [0.5, 0.6) is 0 Å². The summed E-state index contributed by atoms with van der Waals surface area (Å²) in [4.78, 5) is 25.5. The van der Waals surface area contributed by atoms with Crippen LogP contribution in [0.3, 0.4) is 0 Å². The summed E-state index contributed by atoms with van der Waals surface area (Å²) < 4.78 is 10.5. The summed E-state index contributed by atoms with van der Waals surface area (Å²) in [6.45, 7) is -0.0163. The first kappa shape index (κ1) is 21.0. The zero-order valence-corrected chi connectivity index (χ0v) is 16.8. The third-order valence-electron chi connectivity index (χ3n) is 3.97. The maximum Gasteiger partial charge on any atom is 0.340 e. The largest absolute Gasteiger partial charge is 0.467 e. The van der Waals surface area contributed by atoms with Gasteiger partial charge in [0.1, 0.15) is 5.76 Å². The Morgan fingerprint density at radius 1 is 1.03 bits per heavy atom. The number of amides is 1. The van der Waals surface area contributed by atoms with Crippen molar-refractivity contribution in [2.45, 2.75) is 11.4 Å². The molecular formula is C22H19N3O4S. The normalized spacial score (nSPS) is 10.1. The van der Waals surface area contributed by atoms with Gasteiger partial charge in [-0.2, -0.15) is 5.26 Å². The molecule has 3 aromatic rings. The maximum atomic E-state index is 12.5. The molecular weight excluding hydrogens is 402 g/mol. The molecule has 0 saturated heterocycles. The fourth-order valence-corrected chi connectivity index (χ4v) is 3.28. The predicted molar refractivity (Wildman–Crippen MR) is 114 cm³/mol. The minimum absolute atomic E-state index is 0.268. The van der Waals surface area contributed by atoms with Gasteiger partial charge >= 0.3 is 5.97 Å². The summed E-state index contributed by atoms with van der Waals surface area (Å²) in [7, 11) is 0. The van der Waals surface area contributed by atoms with Crippen LogP contribution < -0.4 is 10.6 Å². The van der Waals surface area contributed by atoms with Crippen molar-refractivity contribution in [1.29, 1.82) is 5.26 Å². The van der Waals surface area contributed by atoms with Crippen LogP contribution in [0, 0.1) is 11.3 Å². The molecule has 0 saturated carbocycles. The first-order valence-electron chi connectivity index (χ1n) is 9.08. The van der Waals surface area contributed by atoms with Crippen molar-refractivity contribution in [3.63, 3.8) is 0 Å². The number of nitrogens with one attached hydrogen (secondary N) is 2. The van der Waals surface area contributed by atoms with Crippen LogP contribution >= 0.6 is 11.8 Å². The summed E-state index contributed by atoms with van der Waals surface area (Å²) in [5, 5.41) is 14.6. The number of carbonyl (C=O) groups is 2. The van der Waals surface area contributed by atoms with Gasteiger partial charge in [0.15, 0.2) is 6.61 Å². The van der Waals surface area contributed by atoms with Crippen molar-refractivity contribution < 1.29 is 18.7 Å². The lowest BCUT2D eigenvalue weighted by Gasteiger charge is -2.12. The fourth-order valence-electron chi connectivity index (χ4n) is 2.61. The minimum atomic E-state index is -0.611. The van der Waals surface area contributed by atoms with Crippen molar-refractivity contribution in [2.75, 3.05) is 23.0 Å². The number of rotatable bonds is 9. The number of carbonyl (C=O) groups excluding carboxylic acids is 2. The number of thioether (sulfide) groups is 1. The van der Waals surface area contributed by atoms with E-state index in [-0.39, 0.29) is 5.75 Å². The highest BCUT2D eigenvalue weighted by atomic mass is 32.2. The third kappa shape index (κ3) is 5.90. The maximum absolute atomic E-state index is 12.5. The SMILES string of the molecule is N#CCSc1ccccc1NC(=O)COC(=O)c1ccccc1NCc1ccco1. The van der Waals surface area contributed by atoms with Gasteiger partial charge < -0.3 is 19.8 Å². The summed E-state index contributed by atoms with van der Waals surface area (Å²) in [6.07, 6.45) is 1.58. The van der Waals surface area contributed by atoms with Crippen molar-refractivity contribution in [1.82, 2.24) is 0 Å². The van der Waals surface area contributed by atoms with Gasteiger partial charge in [0.2, 0.25) is 0 Å². The molecule has 0 aliphatic rings. The fraction of sp³-hybridized carbons (Fsp3) is 0.136. The summed E-state index contributed by atoms with van der Waals surface area (Å²) >= 11 is 1.32. The predicted octanol–water partition coefficient (Wildman–Crippen LogP) is 4.30. The number of furan rings is 1. The summed E-state index contributed by atoms with van der Waals surface area (Å²) in [5.41, 5.74) is 1.47. The van der Waals surface area contributed by atoms with Gasteiger partial charge in [-0.25, -0.2) is 4.79 Å². The Kier molecular flexibility index (Phi) is 7.52. The number of hydrogen-bond donors (Lipinski definition) is 2. The average Bonchev–Trinajstić information content (AvgIpc) is 3.29. The third-order valence-corrected chi connectivity index (χ3v) is 4.91. The molecule has 152 valence electrons. The molecule has 0 fully saturated rings. The molecule has 0 aliphatic carbocycles. The van der Waals surface area contributed by atoms with E-state index in [2.05, 4.69) is 10.6 Å². The van der Waals surface area contributed by atoms with Gasteiger partial charge in [-0.1, -0.05) is 24.3 Å². The van der Waals surface area contributed by atoms with E-state index in [9.17, 15) is 9.59 Å². The first-order chi connectivity index (χ1) is 14.7. The van der Waals surface area contributed by atoms with Crippen molar-refractivity contribution >= 4 is 35.0 Å². The lowest BCUT2D eigenvalue weighted by Crippen LogP contribution is -2.21. The molecule has 30 heavy (non-hydrogen) atoms. The highest BCUT2D eigenvalue weighted by molar-refractivity contribution is 7.99. The number of anilines is 2. The Hall–Kier alpha value is -3.70. The molecule has 1 amide bonds. The Morgan fingerprint density at radius 3 is 2.57 bits per heavy atom. The van der Waals surface area contributed by atoms with Crippen LogP contribution in [0.1, 0.15) is 16.1 Å². The number of para-hydroxylation sites is 2. The highest BCUT2D eigenvalue weighted by Crippen LogP contribution is 2.26. The number of esters is 1. The van der Waals surface area contributed by atoms with E-state index in [1.807, 2.05) is 24.3 Å². The van der Waals surface area contributed by atoms with E-state index in [0.717, 1.165) is 10.7 Å². The van der Waals surface area contributed by atoms with Crippen LogP contribution in [0.25, 0.3) is 0 Å². The number of nitrogens with zero attached hydrogens (tertiary/aromatic N) is 1. The van der Waals surface area contributed by atoms with Gasteiger partial charge in [0, 0.05) is 10.6 Å². The molecule has 7 nitrogen and oxygen atoms in total. The standard InChI is InChI=1S/C22H19N3O4S/c23-11-13-30-20-10-4-3-9-19(20)25-21(26)15-29-22(27)17-7-1-2-8-18(17)24-14-16-6-5-12-28-16/h1-10,12,24H,13-15H2,(H,25,26). The molecule has 2 aromatic carbocycles. The second kappa shape index (κ2) is 10.7. The monoisotopic (exact) mass is 421 g/mol. The number of nitriles is 1. The molecule has 1 aromatic heterocycles. The van der Waals surface area contributed by atoms with Gasteiger partial charge in [-0.15, -0.1) is 11.8 Å². The quantitative estimate of drug-likeness (QED) is 0.392. The van der Waals surface area contributed by atoms with Gasteiger partial charge in [-0.3, -0.25) is 4.79 Å². The van der Waals surface area contributed by atoms with Crippen molar-refractivity contribution in [3.8, 4) is 6.07 Å². The average molecular weight is 421 g/mol. The molecule has 3 rings (SSSR count). The molecule has 0 atom stereocenters. The zero-order chi connectivity index (χ0) is 21.2. The molecule has 0 bridgehead atoms. The number of ether oxygens (including phenoxy) is 1. The van der Waals surface area contributed by atoms with E-state index >= 15 is 0 Å². The number of benzene rings is 2. The van der Waals surface area contributed by atoms with Crippen LogP contribution in [-0.4, -0.2) is 24.2 Å². The Labute approximate surface area is 178 Å². The Balaban J connectivity index is 1.57. The van der Waals surface area contributed by atoms with E-state index < -0.39 is 18.5 Å². The van der Waals surface area contributed by atoms with E-state index in [4.69, 9.17) is 14.4 Å². The lowest BCUT2D eigenvalue weighted by atomic mass is 10.2. The number of hydrogen-bond acceptors (Lipinski definition) is 7. The molecule has 0 spiro atoms. The van der Waals surface area contributed by atoms with E-state index in [1.54, 1.807) is 48.7 Å². The Bertz CT molecular complexity index is 1040. The lowest BCUT2D eigenvalue weighted by molar-refractivity contribution is -0.119. The molecule has 8 heteroatoms. The second-order valence-electron chi connectivity index (χ2n) is 6.05. The molecule has 0 unspecified atom stereocenters. The zero-order valence-electron chi connectivity index (χ0n) is 16.0. The van der Waals surface area contributed by atoms with E-state index in [0.29, 0.717) is 23.5 Å². The van der Waals surface area contributed by atoms with Gasteiger partial charge in [0.25, 0.3) is 5.91 Å². The first-order valence-corrected chi connectivity index (χ1v) is 10.1. The van der Waals surface area contributed by atoms with Crippen LogP contribution in [0.2, 0.25) is 0 Å². The topological polar surface area (TPSA) is 104 Å². The van der Waals surface area contributed by atoms with Crippen molar-refractivity contribution in [2.24, 2.45) is 0 Å². The molecule has 1 heterocycles. The molecule has 2 N–H and O–H groups in total. The smallest absolute Gasteiger partial charge is 0.340 e. The molecule has 0 aliphatic heterocycles. The van der Waals surface area contributed by atoms with Crippen LogP contribution in [0.15, 0.2) is 76.2 Å². The second-order valence-corrected chi connectivity index (χ2v) is 7.06. The Morgan fingerprint density at radius 2 is 1.80 bits per heavy atom. The summed E-state index contributed by atoms with van der Waals surface area (Å²) in [5.74, 6) is -0.0800. The van der Waals surface area contributed by atoms with Gasteiger partial charge in [-0.05, 0) is 36.4 Å². The molecule has 0 radical (unpaired) electrons. The highest BCUT2D eigenvalue weighted by Gasteiger charge is 2.15. The van der Waals surface area contributed by atoms with E-state index in [1.165, 1.54) is 11.8 Å².